The molecule has 0 fully saturated rings. The number of amides is 1. The van der Waals surface area contributed by atoms with Gasteiger partial charge in [0.05, 0.1) is 24.3 Å². The van der Waals surface area contributed by atoms with E-state index in [1.54, 1.807) is 16.8 Å². The number of carbonyl (C=O) groups is 1. The van der Waals surface area contributed by atoms with E-state index in [9.17, 15) is 4.79 Å². The molecule has 3 N–H and O–H groups in total. The molecular formula is C11H17ClN2O3. The highest BCUT2D eigenvalue weighted by Crippen LogP contribution is 2.14. The van der Waals surface area contributed by atoms with Crippen molar-refractivity contribution in [3.8, 4) is 0 Å². The largest absolute Gasteiger partial charge is 0.394 e. The molecular weight excluding hydrogens is 244 g/mol. The maximum atomic E-state index is 11.9. The van der Waals surface area contributed by atoms with Crippen molar-refractivity contribution in [3.63, 3.8) is 0 Å². The van der Waals surface area contributed by atoms with E-state index in [1.807, 2.05) is 6.92 Å². The third-order valence-corrected chi connectivity index (χ3v) is 2.54. The van der Waals surface area contributed by atoms with Gasteiger partial charge in [0, 0.05) is 12.7 Å². The molecule has 0 atom stereocenters. The van der Waals surface area contributed by atoms with Gasteiger partial charge < -0.3 is 20.1 Å². The third-order valence-electron chi connectivity index (χ3n) is 2.34. The fourth-order valence-electron chi connectivity index (χ4n) is 1.50. The number of aliphatic hydroxyl groups excluding tert-OH is 2. The van der Waals surface area contributed by atoms with E-state index in [2.05, 4.69) is 5.32 Å². The lowest BCUT2D eigenvalue weighted by Gasteiger charge is -2.14. The second-order valence-electron chi connectivity index (χ2n) is 3.77. The highest BCUT2D eigenvalue weighted by molar-refractivity contribution is 6.31. The summed E-state index contributed by atoms with van der Waals surface area (Å²) in [6.45, 7) is 2.09. The predicted molar refractivity (Wildman–Crippen MR) is 65.2 cm³/mol. The molecule has 1 amide bonds. The Kier molecular flexibility index (Phi) is 5.47. The van der Waals surface area contributed by atoms with Gasteiger partial charge in [-0.05, 0) is 12.5 Å². The Morgan fingerprint density at radius 2 is 2.18 bits per heavy atom. The molecule has 1 aromatic heterocycles. The van der Waals surface area contributed by atoms with Gasteiger partial charge in [0.15, 0.2) is 0 Å². The van der Waals surface area contributed by atoms with Crippen molar-refractivity contribution < 1.29 is 15.0 Å². The number of nitrogens with zero attached hydrogens (tertiary/aromatic N) is 1. The minimum Gasteiger partial charge on any atom is -0.394 e. The molecule has 17 heavy (non-hydrogen) atoms. The molecule has 0 unspecified atom stereocenters. The Bertz CT molecular complexity index is 375. The fraction of sp³-hybridized carbons (Fsp3) is 0.545. The predicted octanol–water partition coefficient (Wildman–Crippen LogP) is 0.634. The van der Waals surface area contributed by atoms with Gasteiger partial charge in [0.1, 0.15) is 5.69 Å². The monoisotopic (exact) mass is 260 g/mol. The van der Waals surface area contributed by atoms with Crippen molar-refractivity contribution in [1.29, 1.82) is 0 Å². The van der Waals surface area contributed by atoms with Gasteiger partial charge in [0.25, 0.3) is 5.91 Å². The van der Waals surface area contributed by atoms with E-state index in [1.165, 1.54) is 0 Å². The van der Waals surface area contributed by atoms with Crippen LogP contribution in [0.5, 0.6) is 0 Å². The van der Waals surface area contributed by atoms with E-state index >= 15 is 0 Å². The standard InChI is InChI=1S/C11H17ClN2O3/c1-2-3-14-5-8(12)4-10(14)11(17)13-9(6-15)7-16/h4-5,9,15-16H,2-3,6-7H2,1H3,(H,13,17). The summed E-state index contributed by atoms with van der Waals surface area (Å²) in [5.41, 5.74) is 0.434. The van der Waals surface area contributed by atoms with Crippen LogP contribution >= 0.6 is 11.6 Å². The smallest absolute Gasteiger partial charge is 0.268 e. The average Bonchev–Trinajstić information content (AvgIpc) is 2.67. The summed E-state index contributed by atoms with van der Waals surface area (Å²) < 4.78 is 1.75. The number of aryl methyl sites for hydroxylation is 1. The molecule has 0 aliphatic rings. The molecule has 0 bridgehead atoms. The molecule has 1 heterocycles. The van der Waals surface area contributed by atoms with Crippen molar-refractivity contribution in [2.45, 2.75) is 25.9 Å². The van der Waals surface area contributed by atoms with Crippen molar-refractivity contribution in [2.24, 2.45) is 0 Å². The lowest BCUT2D eigenvalue weighted by molar-refractivity contribution is 0.0870. The molecule has 96 valence electrons. The number of aliphatic hydroxyl groups is 2. The number of hydrogen-bond acceptors (Lipinski definition) is 3. The summed E-state index contributed by atoms with van der Waals surface area (Å²) in [5.74, 6) is -0.349. The lowest BCUT2D eigenvalue weighted by atomic mass is 10.3. The van der Waals surface area contributed by atoms with E-state index < -0.39 is 6.04 Å². The van der Waals surface area contributed by atoms with Crippen LogP contribution in [0.4, 0.5) is 0 Å². The van der Waals surface area contributed by atoms with Crippen LogP contribution in [0.2, 0.25) is 5.02 Å². The minimum absolute atomic E-state index is 0.301. The molecule has 0 radical (unpaired) electrons. The van der Waals surface area contributed by atoms with Crippen LogP contribution in [0.1, 0.15) is 23.8 Å². The zero-order valence-electron chi connectivity index (χ0n) is 9.69. The second kappa shape index (κ2) is 6.64. The SMILES string of the molecule is CCCn1cc(Cl)cc1C(=O)NC(CO)CO. The van der Waals surface area contributed by atoms with Gasteiger partial charge in [0.2, 0.25) is 0 Å². The molecule has 0 aromatic carbocycles. The number of nitrogens with one attached hydrogen (secondary N) is 1. The summed E-state index contributed by atoms with van der Waals surface area (Å²) in [4.78, 5) is 11.9. The lowest BCUT2D eigenvalue weighted by Crippen LogP contribution is -2.40. The van der Waals surface area contributed by atoms with E-state index in [0.717, 1.165) is 6.42 Å². The summed E-state index contributed by atoms with van der Waals surface area (Å²) in [5, 5.41) is 20.8. The van der Waals surface area contributed by atoms with Crippen LogP contribution in [0, 0.1) is 0 Å². The molecule has 1 aromatic rings. The highest BCUT2D eigenvalue weighted by Gasteiger charge is 2.16. The van der Waals surface area contributed by atoms with E-state index in [4.69, 9.17) is 21.8 Å². The van der Waals surface area contributed by atoms with Crippen molar-refractivity contribution in [1.82, 2.24) is 9.88 Å². The van der Waals surface area contributed by atoms with Crippen molar-refractivity contribution in [3.05, 3.63) is 23.0 Å². The molecule has 5 nitrogen and oxygen atoms in total. The first-order valence-corrected chi connectivity index (χ1v) is 5.88. The maximum Gasteiger partial charge on any atom is 0.268 e. The van der Waals surface area contributed by atoms with Crippen molar-refractivity contribution in [2.75, 3.05) is 13.2 Å². The quantitative estimate of drug-likeness (QED) is 0.703. The first-order valence-electron chi connectivity index (χ1n) is 5.50. The van der Waals surface area contributed by atoms with Gasteiger partial charge in [-0.1, -0.05) is 18.5 Å². The summed E-state index contributed by atoms with van der Waals surface area (Å²) >= 11 is 5.85. The van der Waals surface area contributed by atoms with Gasteiger partial charge in [-0.2, -0.15) is 0 Å². The Balaban J connectivity index is 2.80. The minimum atomic E-state index is -0.647. The number of hydrogen-bond donors (Lipinski definition) is 3. The first-order chi connectivity index (χ1) is 8.12. The molecule has 1 rings (SSSR count). The number of rotatable bonds is 6. The number of carbonyl (C=O) groups excluding carboxylic acids is 1. The van der Waals surface area contributed by atoms with Crippen LogP contribution in [0.15, 0.2) is 12.3 Å². The Morgan fingerprint density at radius 3 is 2.71 bits per heavy atom. The number of aromatic nitrogens is 1. The second-order valence-corrected chi connectivity index (χ2v) is 4.21. The van der Waals surface area contributed by atoms with E-state index in [-0.39, 0.29) is 19.1 Å². The molecule has 0 saturated carbocycles. The van der Waals surface area contributed by atoms with Gasteiger partial charge in [-0.3, -0.25) is 4.79 Å². The maximum absolute atomic E-state index is 11.9. The van der Waals surface area contributed by atoms with Crippen LogP contribution in [-0.2, 0) is 6.54 Å². The third kappa shape index (κ3) is 3.73. The zero-order valence-corrected chi connectivity index (χ0v) is 10.4. The molecule has 0 spiro atoms. The van der Waals surface area contributed by atoms with Crippen LogP contribution < -0.4 is 5.32 Å². The molecule has 0 aliphatic carbocycles. The van der Waals surface area contributed by atoms with Gasteiger partial charge in [-0.25, -0.2) is 0 Å². The summed E-state index contributed by atoms with van der Waals surface area (Å²) in [6, 6.07) is 0.921. The van der Waals surface area contributed by atoms with Gasteiger partial charge >= 0.3 is 0 Å². The fourth-order valence-corrected chi connectivity index (χ4v) is 1.72. The molecule has 0 aliphatic heterocycles. The first kappa shape index (κ1) is 14.0. The average molecular weight is 261 g/mol. The van der Waals surface area contributed by atoms with E-state index in [0.29, 0.717) is 17.3 Å². The summed E-state index contributed by atoms with van der Waals surface area (Å²) in [7, 11) is 0. The zero-order chi connectivity index (χ0) is 12.8. The normalized spacial score (nSPS) is 10.9. The van der Waals surface area contributed by atoms with Crippen LogP contribution in [-0.4, -0.2) is 39.9 Å². The Hall–Kier alpha value is -1.04. The van der Waals surface area contributed by atoms with Crippen LogP contribution in [0.3, 0.4) is 0 Å². The molecule has 6 heteroatoms. The Morgan fingerprint density at radius 1 is 1.53 bits per heavy atom. The topological polar surface area (TPSA) is 74.5 Å². The van der Waals surface area contributed by atoms with Gasteiger partial charge in [-0.15, -0.1) is 0 Å². The summed E-state index contributed by atoms with van der Waals surface area (Å²) in [6.07, 6.45) is 2.57. The van der Waals surface area contributed by atoms with Crippen LogP contribution in [0.25, 0.3) is 0 Å². The number of halogens is 1. The van der Waals surface area contributed by atoms with Crippen molar-refractivity contribution >= 4 is 17.5 Å². The Labute approximate surface area is 105 Å². The molecule has 0 saturated heterocycles. The highest BCUT2D eigenvalue weighted by atomic mass is 35.5.